The van der Waals surface area contributed by atoms with Crippen molar-refractivity contribution in [2.45, 2.75) is 55.6 Å². The smallest absolute Gasteiger partial charge is 0.289 e. The van der Waals surface area contributed by atoms with Crippen LogP contribution in [0.3, 0.4) is 0 Å². The van der Waals surface area contributed by atoms with Gasteiger partial charge in [-0.25, -0.2) is 22.2 Å². The number of halogens is 2. The van der Waals surface area contributed by atoms with E-state index in [1.807, 2.05) is 0 Å². The predicted molar refractivity (Wildman–Crippen MR) is 128 cm³/mol. The van der Waals surface area contributed by atoms with Gasteiger partial charge in [-0.15, -0.1) is 0 Å². The molecule has 10 heteroatoms. The third-order valence-electron chi connectivity index (χ3n) is 7.14. The number of nitrogens with one attached hydrogen (secondary N) is 1. The monoisotopic (exact) mass is 505 g/mol. The minimum atomic E-state index is -3.92. The number of aromatic nitrogens is 2. The predicted octanol–water partition coefficient (Wildman–Crippen LogP) is 4.88. The van der Waals surface area contributed by atoms with Gasteiger partial charge in [-0.1, -0.05) is 19.1 Å². The molecule has 1 amide bonds. The van der Waals surface area contributed by atoms with Crippen molar-refractivity contribution in [1.82, 2.24) is 14.9 Å². The maximum absolute atomic E-state index is 14.2. The molecule has 0 unspecified atom stereocenters. The number of fused-ring (bicyclic) bond motifs is 1. The fourth-order valence-electron chi connectivity index (χ4n) is 4.64. The lowest BCUT2D eigenvalue weighted by Crippen LogP contribution is -2.47. The number of carbonyl (C=O) groups excluding carboxylic acids is 1. The van der Waals surface area contributed by atoms with Gasteiger partial charge in [0, 0.05) is 31.1 Å². The molecule has 7 nitrogen and oxygen atoms in total. The van der Waals surface area contributed by atoms with Crippen LogP contribution in [0, 0.1) is 5.92 Å². The number of piperidine rings is 1. The number of amides is 1. The molecule has 1 aromatic heterocycles. The van der Waals surface area contributed by atoms with Crippen LogP contribution in [-0.4, -0.2) is 52.1 Å². The van der Waals surface area contributed by atoms with E-state index in [0.29, 0.717) is 37.0 Å². The first-order valence-electron chi connectivity index (χ1n) is 11.6. The number of aromatic amines is 1. The Labute approximate surface area is 203 Å². The van der Waals surface area contributed by atoms with E-state index in [-0.39, 0.29) is 33.9 Å². The number of benzene rings is 2. The third-order valence-corrected chi connectivity index (χ3v) is 9.73. The van der Waals surface area contributed by atoms with Crippen molar-refractivity contribution in [3.63, 3.8) is 0 Å². The number of hydrogen-bond donors (Lipinski definition) is 2. The minimum absolute atomic E-state index is 0.0633. The van der Waals surface area contributed by atoms with Gasteiger partial charge in [0.15, 0.2) is 15.7 Å². The van der Waals surface area contributed by atoms with E-state index in [4.69, 9.17) is 0 Å². The number of phenols is 1. The van der Waals surface area contributed by atoms with Crippen LogP contribution < -0.4 is 0 Å². The van der Waals surface area contributed by atoms with Gasteiger partial charge < -0.3 is 15.0 Å². The number of hydrogen-bond acceptors (Lipinski definition) is 5. The van der Waals surface area contributed by atoms with Crippen molar-refractivity contribution < 1.29 is 27.1 Å². The largest absolute Gasteiger partial charge is 0.508 e. The van der Waals surface area contributed by atoms with Gasteiger partial charge in [0.2, 0.25) is 0 Å². The Morgan fingerprint density at radius 3 is 2.51 bits per heavy atom. The fraction of sp³-hybridized carbons (Fsp3) is 0.440. The molecule has 1 saturated heterocycles. The Morgan fingerprint density at radius 1 is 1.17 bits per heavy atom. The summed E-state index contributed by atoms with van der Waals surface area (Å²) in [7, 11) is -3.92. The molecule has 2 aromatic carbocycles. The highest BCUT2D eigenvalue weighted by atomic mass is 32.2. The van der Waals surface area contributed by atoms with Crippen molar-refractivity contribution in [3.8, 4) is 5.75 Å². The van der Waals surface area contributed by atoms with Crippen LogP contribution in [0.4, 0.5) is 8.78 Å². The number of nitrogens with zero attached hydrogens (tertiary/aromatic N) is 2. The number of imidazole rings is 1. The Morgan fingerprint density at radius 2 is 1.86 bits per heavy atom. The number of H-pyrrole nitrogens is 1. The molecule has 0 saturated carbocycles. The van der Waals surface area contributed by atoms with Crippen molar-refractivity contribution in [2.24, 2.45) is 5.92 Å². The molecule has 2 heterocycles. The standard InChI is InChI=1S/C25H29F2N3O4S/c1-4-25(26,27)17-6-5-7-19(14-17)35(33,34)24(2,3)16-10-12-30(13-11-16)23(32)22-28-20-9-8-18(31)15-21(20)29-22/h5-9,14-16,31H,4,10-13H2,1-3H3,(H,28,29). The van der Waals surface area contributed by atoms with Crippen LogP contribution in [-0.2, 0) is 15.8 Å². The summed E-state index contributed by atoms with van der Waals surface area (Å²) >= 11 is 0. The summed E-state index contributed by atoms with van der Waals surface area (Å²) in [5, 5.41) is 9.62. The second-order valence-corrected chi connectivity index (χ2v) is 12.1. The van der Waals surface area contributed by atoms with Gasteiger partial charge in [0.1, 0.15) is 5.75 Å². The zero-order valence-corrected chi connectivity index (χ0v) is 20.7. The number of rotatable bonds is 6. The van der Waals surface area contributed by atoms with Crippen LogP contribution >= 0.6 is 0 Å². The second-order valence-electron chi connectivity index (χ2n) is 9.55. The molecule has 1 aliphatic heterocycles. The summed E-state index contributed by atoms with van der Waals surface area (Å²) in [4.78, 5) is 21.7. The quantitative estimate of drug-likeness (QED) is 0.497. The van der Waals surface area contributed by atoms with Crippen LogP contribution in [0.2, 0.25) is 0 Å². The van der Waals surface area contributed by atoms with Crippen molar-refractivity contribution >= 4 is 26.8 Å². The molecule has 3 aromatic rings. The Hall–Kier alpha value is -3.01. The zero-order valence-electron chi connectivity index (χ0n) is 19.9. The van der Waals surface area contributed by atoms with E-state index in [1.54, 1.807) is 24.8 Å². The first-order chi connectivity index (χ1) is 16.4. The molecular weight excluding hydrogens is 476 g/mol. The SMILES string of the molecule is CCC(F)(F)c1cccc(S(=O)(=O)C(C)(C)C2CCN(C(=O)c3nc4ccc(O)cc4[nH]3)CC2)c1. The minimum Gasteiger partial charge on any atom is -0.508 e. The summed E-state index contributed by atoms with van der Waals surface area (Å²) in [6.45, 7) is 5.30. The summed E-state index contributed by atoms with van der Waals surface area (Å²) in [5.41, 5.74) is 0.798. The average Bonchev–Trinajstić information content (AvgIpc) is 3.26. The van der Waals surface area contributed by atoms with Crippen LogP contribution in [0.1, 0.15) is 56.2 Å². The fourth-order valence-corrected chi connectivity index (χ4v) is 6.47. The summed E-state index contributed by atoms with van der Waals surface area (Å²) in [6.07, 6.45) is 0.479. The highest BCUT2D eigenvalue weighted by Crippen LogP contribution is 2.40. The van der Waals surface area contributed by atoms with Crippen molar-refractivity contribution in [2.75, 3.05) is 13.1 Å². The molecule has 0 bridgehead atoms. The zero-order chi connectivity index (χ0) is 25.6. The van der Waals surface area contributed by atoms with Gasteiger partial charge in [-0.3, -0.25) is 4.79 Å². The lowest BCUT2D eigenvalue weighted by molar-refractivity contribution is -0.00850. The van der Waals surface area contributed by atoms with E-state index < -0.39 is 26.9 Å². The van der Waals surface area contributed by atoms with Crippen molar-refractivity contribution in [1.29, 1.82) is 0 Å². The normalized spacial score (nSPS) is 16.1. The highest BCUT2D eigenvalue weighted by molar-refractivity contribution is 7.92. The first kappa shape index (κ1) is 25.1. The second kappa shape index (κ2) is 8.89. The lowest BCUT2D eigenvalue weighted by atomic mass is 9.86. The van der Waals surface area contributed by atoms with E-state index in [2.05, 4.69) is 9.97 Å². The van der Waals surface area contributed by atoms with Crippen LogP contribution in [0.25, 0.3) is 11.0 Å². The van der Waals surface area contributed by atoms with Gasteiger partial charge in [0.25, 0.3) is 11.8 Å². The number of alkyl halides is 2. The molecule has 0 radical (unpaired) electrons. The Balaban J connectivity index is 1.50. The first-order valence-corrected chi connectivity index (χ1v) is 13.1. The summed E-state index contributed by atoms with van der Waals surface area (Å²) in [5.74, 6) is -3.44. The molecule has 1 fully saturated rings. The van der Waals surface area contributed by atoms with Gasteiger partial charge in [-0.2, -0.15) is 0 Å². The number of phenolic OH excluding ortho intramolecular Hbond substituents is 1. The molecule has 1 aliphatic rings. The van der Waals surface area contributed by atoms with E-state index >= 15 is 0 Å². The Bertz CT molecular complexity index is 1360. The Kier molecular flexibility index (Phi) is 6.37. The molecule has 0 atom stereocenters. The van der Waals surface area contributed by atoms with E-state index in [1.165, 1.54) is 37.3 Å². The average molecular weight is 506 g/mol. The van der Waals surface area contributed by atoms with Gasteiger partial charge in [0.05, 0.1) is 20.7 Å². The molecule has 188 valence electrons. The highest BCUT2D eigenvalue weighted by Gasteiger charge is 2.45. The molecule has 4 rings (SSSR count). The molecule has 0 aliphatic carbocycles. The summed E-state index contributed by atoms with van der Waals surface area (Å²) < 4.78 is 54.2. The van der Waals surface area contributed by atoms with E-state index in [9.17, 15) is 27.1 Å². The molecular formula is C25H29F2N3O4S. The topological polar surface area (TPSA) is 103 Å². The maximum atomic E-state index is 14.2. The number of aromatic hydroxyl groups is 1. The maximum Gasteiger partial charge on any atom is 0.289 e. The van der Waals surface area contributed by atoms with E-state index in [0.717, 1.165) is 6.07 Å². The van der Waals surface area contributed by atoms with Crippen LogP contribution in [0.5, 0.6) is 5.75 Å². The van der Waals surface area contributed by atoms with Gasteiger partial charge in [-0.05, 0) is 56.9 Å². The van der Waals surface area contributed by atoms with Gasteiger partial charge >= 0.3 is 0 Å². The number of sulfone groups is 1. The third kappa shape index (κ3) is 4.51. The lowest BCUT2D eigenvalue weighted by Gasteiger charge is -2.40. The molecule has 2 N–H and O–H groups in total. The number of likely N-dealkylation sites (tertiary alicyclic amines) is 1. The molecule has 0 spiro atoms. The van der Waals surface area contributed by atoms with Crippen molar-refractivity contribution in [3.05, 3.63) is 53.9 Å². The number of carbonyl (C=O) groups is 1. The van der Waals surface area contributed by atoms with Crippen LogP contribution in [0.15, 0.2) is 47.4 Å². The summed E-state index contributed by atoms with van der Waals surface area (Å²) in [6, 6.07) is 9.65. The molecule has 35 heavy (non-hydrogen) atoms.